The molecule has 4 heteroatoms. The number of benzene rings is 1. The van der Waals surface area contributed by atoms with E-state index in [9.17, 15) is 0 Å². The number of nitrogens with zero attached hydrogens (tertiary/aromatic N) is 1. The Morgan fingerprint density at radius 3 is 2.64 bits per heavy atom. The van der Waals surface area contributed by atoms with Gasteiger partial charge >= 0.3 is 0 Å². The van der Waals surface area contributed by atoms with Gasteiger partial charge in [-0.1, -0.05) is 18.2 Å². The summed E-state index contributed by atoms with van der Waals surface area (Å²) >= 11 is 0. The van der Waals surface area contributed by atoms with Crippen LogP contribution in [0.1, 0.15) is 32.6 Å². The third kappa shape index (κ3) is 4.15. The number of guanidine groups is 1. The van der Waals surface area contributed by atoms with Crippen LogP contribution in [0.15, 0.2) is 35.3 Å². The number of para-hydroxylation sites is 1. The highest BCUT2D eigenvalue weighted by molar-refractivity contribution is 5.79. The second kappa shape index (κ2) is 7.03. The average molecular weight is 301 g/mol. The fourth-order valence-corrected chi connectivity index (χ4v) is 2.99. The fraction of sp³-hybridized carbons (Fsp3) is 0.611. The highest BCUT2D eigenvalue weighted by Gasteiger charge is 2.53. The Kier molecular flexibility index (Phi) is 4.86. The first-order valence-electron chi connectivity index (χ1n) is 8.52. The van der Waals surface area contributed by atoms with Crippen LogP contribution in [0.2, 0.25) is 0 Å². The van der Waals surface area contributed by atoms with Crippen molar-refractivity contribution in [3.05, 3.63) is 30.3 Å². The standard InChI is InChI=1S/C18H27N3O/c1-2-19-17(21-14-18(10-11-18)15-8-9-15)20-12-13-22-16-6-4-3-5-7-16/h3-7,15H,2,8-14H2,1H3,(H2,19,20,21). The third-order valence-electron chi connectivity index (χ3n) is 4.64. The number of nitrogens with one attached hydrogen (secondary N) is 2. The van der Waals surface area contributed by atoms with Crippen LogP contribution in [-0.2, 0) is 0 Å². The molecule has 0 atom stereocenters. The van der Waals surface area contributed by atoms with E-state index in [-0.39, 0.29) is 0 Å². The summed E-state index contributed by atoms with van der Waals surface area (Å²) in [6.45, 7) is 5.37. The second-order valence-electron chi connectivity index (χ2n) is 6.42. The fourth-order valence-electron chi connectivity index (χ4n) is 2.99. The van der Waals surface area contributed by atoms with Gasteiger partial charge in [0, 0.05) is 13.1 Å². The normalized spacial score (nSPS) is 19.6. The highest BCUT2D eigenvalue weighted by atomic mass is 16.5. The summed E-state index contributed by atoms with van der Waals surface area (Å²) in [5, 5.41) is 6.69. The van der Waals surface area contributed by atoms with Gasteiger partial charge in [-0.2, -0.15) is 0 Å². The number of ether oxygens (including phenoxy) is 1. The molecule has 4 nitrogen and oxygen atoms in total. The van der Waals surface area contributed by atoms with Gasteiger partial charge in [0.25, 0.3) is 0 Å². The molecular weight excluding hydrogens is 274 g/mol. The van der Waals surface area contributed by atoms with Crippen molar-refractivity contribution in [1.82, 2.24) is 10.6 Å². The van der Waals surface area contributed by atoms with E-state index >= 15 is 0 Å². The molecule has 22 heavy (non-hydrogen) atoms. The van der Waals surface area contributed by atoms with E-state index in [2.05, 4.69) is 17.6 Å². The van der Waals surface area contributed by atoms with E-state index in [1.54, 1.807) is 0 Å². The zero-order chi connectivity index (χ0) is 15.3. The summed E-state index contributed by atoms with van der Waals surface area (Å²) in [5.74, 6) is 2.79. The van der Waals surface area contributed by atoms with Crippen molar-refractivity contribution in [2.45, 2.75) is 32.6 Å². The van der Waals surface area contributed by atoms with Crippen LogP contribution in [0.3, 0.4) is 0 Å². The first kappa shape index (κ1) is 15.2. The molecule has 2 aliphatic carbocycles. The molecule has 2 N–H and O–H groups in total. The first-order chi connectivity index (χ1) is 10.8. The van der Waals surface area contributed by atoms with Crippen molar-refractivity contribution >= 4 is 5.96 Å². The van der Waals surface area contributed by atoms with E-state index in [1.807, 2.05) is 30.3 Å². The minimum absolute atomic E-state index is 0.558. The van der Waals surface area contributed by atoms with Crippen LogP contribution < -0.4 is 15.4 Å². The molecule has 120 valence electrons. The molecule has 1 aromatic rings. The minimum Gasteiger partial charge on any atom is -0.492 e. The lowest BCUT2D eigenvalue weighted by Crippen LogP contribution is -2.39. The van der Waals surface area contributed by atoms with Gasteiger partial charge in [-0.3, -0.25) is 4.99 Å². The van der Waals surface area contributed by atoms with Crippen molar-refractivity contribution in [1.29, 1.82) is 0 Å². The number of hydrogen-bond acceptors (Lipinski definition) is 2. The third-order valence-corrected chi connectivity index (χ3v) is 4.64. The van der Waals surface area contributed by atoms with Crippen molar-refractivity contribution in [2.75, 3.05) is 26.2 Å². The molecule has 0 amide bonds. The molecule has 0 spiro atoms. The molecule has 0 heterocycles. The predicted octanol–water partition coefficient (Wildman–Crippen LogP) is 2.81. The molecule has 3 rings (SSSR count). The monoisotopic (exact) mass is 301 g/mol. The number of aliphatic imine (C=N–C) groups is 1. The summed E-state index contributed by atoms with van der Waals surface area (Å²) in [7, 11) is 0. The zero-order valence-corrected chi connectivity index (χ0v) is 13.5. The van der Waals surface area contributed by atoms with E-state index in [4.69, 9.17) is 9.73 Å². The van der Waals surface area contributed by atoms with Gasteiger partial charge in [0.15, 0.2) is 5.96 Å². The lowest BCUT2D eigenvalue weighted by Gasteiger charge is -2.15. The van der Waals surface area contributed by atoms with Crippen LogP contribution in [0, 0.1) is 11.3 Å². The SMILES string of the molecule is CCNC(=NCC1(C2CC2)CC1)NCCOc1ccccc1. The van der Waals surface area contributed by atoms with Gasteiger partial charge in [0.05, 0.1) is 6.54 Å². The molecule has 0 aliphatic heterocycles. The second-order valence-corrected chi connectivity index (χ2v) is 6.42. The van der Waals surface area contributed by atoms with Crippen molar-refractivity contribution in [2.24, 2.45) is 16.3 Å². The highest BCUT2D eigenvalue weighted by Crippen LogP contribution is 2.61. The molecule has 1 aromatic carbocycles. The maximum Gasteiger partial charge on any atom is 0.191 e. The Balaban J connectivity index is 1.41. The number of rotatable bonds is 8. The molecular formula is C18H27N3O. The smallest absolute Gasteiger partial charge is 0.191 e. The summed E-state index contributed by atoms with van der Waals surface area (Å²) in [4.78, 5) is 4.79. The van der Waals surface area contributed by atoms with Crippen molar-refractivity contribution in [3.8, 4) is 5.75 Å². The van der Waals surface area contributed by atoms with Gasteiger partial charge in [-0.05, 0) is 56.1 Å². The first-order valence-corrected chi connectivity index (χ1v) is 8.52. The Morgan fingerprint density at radius 1 is 1.23 bits per heavy atom. The van der Waals surface area contributed by atoms with Gasteiger partial charge < -0.3 is 15.4 Å². The topological polar surface area (TPSA) is 45.7 Å². The minimum atomic E-state index is 0.558. The van der Waals surface area contributed by atoms with Gasteiger partial charge in [0.2, 0.25) is 0 Å². The Bertz CT molecular complexity index is 492. The predicted molar refractivity (Wildman–Crippen MR) is 90.3 cm³/mol. The molecule has 0 aromatic heterocycles. The molecule has 0 saturated heterocycles. The summed E-state index contributed by atoms with van der Waals surface area (Å²) in [6, 6.07) is 9.93. The van der Waals surface area contributed by atoms with E-state index < -0.39 is 0 Å². The Labute approximate surface area is 133 Å². The maximum atomic E-state index is 5.70. The van der Waals surface area contributed by atoms with E-state index in [0.717, 1.165) is 37.3 Å². The van der Waals surface area contributed by atoms with Gasteiger partial charge in [0.1, 0.15) is 12.4 Å². The Hall–Kier alpha value is -1.71. The van der Waals surface area contributed by atoms with E-state index in [1.165, 1.54) is 25.7 Å². The van der Waals surface area contributed by atoms with E-state index in [0.29, 0.717) is 12.0 Å². The lowest BCUT2D eigenvalue weighted by atomic mass is 10.0. The van der Waals surface area contributed by atoms with Crippen LogP contribution in [0.5, 0.6) is 5.75 Å². The van der Waals surface area contributed by atoms with Crippen LogP contribution in [-0.4, -0.2) is 32.2 Å². The lowest BCUT2D eigenvalue weighted by molar-refractivity contribution is 0.322. The van der Waals surface area contributed by atoms with Crippen LogP contribution in [0.25, 0.3) is 0 Å². The zero-order valence-electron chi connectivity index (χ0n) is 13.5. The molecule has 0 radical (unpaired) electrons. The quantitative estimate of drug-likeness (QED) is 0.441. The van der Waals surface area contributed by atoms with Crippen LogP contribution in [0.4, 0.5) is 0 Å². The number of hydrogen-bond donors (Lipinski definition) is 2. The van der Waals surface area contributed by atoms with Crippen molar-refractivity contribution < 1.29 is 4.74 Å². The summed E-state index contributed by atoms with van der Waals surface area (Å²) < 4.78 is 5.70. The molecule has 0 bridgehead atoms. The molecule has 2 saturated carbocycles. The summed E-state index contributed by atoms with van der Waals surface area (Å²) in [6.07, 6.45) is 5.59. The maximum absolute atomic E-state index is 5.70. The largest absolute Gasteiger partial charge is 0.492 e. The van der Waals surface area contributed by atoms with Crippen molar-refractivity contribution in [3.63, 3.8) is 0 Å². The molecule has 0 unspecified atom stereocenters. The molecule has 2 fully saturated rings. The Morgan fingerprint density at radius 2 is 2.00 bits per heavy atom. The molecule has 2 aliphatic rings. The summed E-state index contributed by atoms with van der Waals surface area (Å²) in [5.41, 5.74) is 0.558. The average Bonchev–Trinajstić information content (AvgIpc) is 3.43. The van der Waals surface area contributed by atoms with Gasteiger partial charge in [-0.15, -0.1) is 0 Å². The van der Waals surface area contributed by atoms with Gasteiger partial charge in [-0.25, -0.2) is 0 Å². The van der Waals surface area contributed by atoms with Crippen LogP contribution >= 0.6 is 0 Å².